The van der Waals surface area contributed by atoms with Gasteiger partial charge in [-0.1, -0.05) is 0 Å². The highest BCUT2D eigenvalue weighted by Gasteiger charge is 2.15. The zero-order valence-electron chi connectivity index (χ0n) is 11.5. The van der Waals surface area contributed by atoms with Gasteiger partial charge in [-0.2, -0.15) is 0 Å². The lowest BCUT2D eigenvalue weighted by Gasteiger charge is -2.09. The summed E-state index contributed by atoms with van der Waals surface area (Å²) in [5, 5.41) is 0. The third kappa shape index (κ3) is 3.07. The van der Waals surface area contributed by atoms with Crippen molar-refractivity contribution in [2.75, 3.05) is 7.11 Å². The molecule has 0 spiro atoms. The fourth-order valence-electron chi connectivity index (χ4n) is 1.87. The van der Waals surface area contributed by atoms with Crippen LogP contribution in [0, 0.1) is 12.7 Å². The lowest BCUT2D eigenvalue weighted by atomic mass is 10.1. The van der Waals surface area contributed by atoms with Crippen molar-refractivity contribution < 1.29 is 13.9 Å². The number of Topliss-reactive ketones (excluding diaryl/α,β-unsaturated/α-hetero) is 1. The van der Waals surface area contributed by atoms with E-state index in [1.165, 1.54) is 32.4 Å². The third-order valence-corrected chi connectivity index (χ3v) is 2.96. The van der Waals surface area contributed by atoms with Crippen LogP contribution < -0.4 is 16.0 Å². The number of nitrogens with zero attached hydrogens (tertiary/aromatic N) is 1. The number of carbonyl (C=O) groups is 1. The maximum Gasteiger partial charge on any atom is 0.328 e. The van der Waals surface area contributed by atoms with Crippen LogP contribution in [0.15, 0.2) is 34.0 Å². The maximum atomic E-state index is 13.3. The highest BCUT2D eigenvalue weighted by molar-refractivity contribution is 5.98. The molecule has 6 nitrogen and oxygen atoms in total. The number of ketones is 1. The number of ether oxygens (including phenoxy) is 1. The van der Waals surface area contributed by atoms with Gasteiger partial charge in [-0.3, -0.25) is 19.1 Å². The summed E-state index contributed by atoms with van der Waals surface area (Å²) in [5.74, 6) is -0.861. The number of nitrogens with one attached hydrogen (secondary N) is 1. The Balaban J connectivity index is 2.39. The minimum absolute atomic E-state index is 0.0354. The smallest absolute Gasteiger partial charge is 0.328 e. The molecule has 0 fully saturated rings. The Morgan fingerprint density at radius 1 is 1.38 bits per heavy atom. The highest BCUT2D eigenvalue weighted by atomic mass is 19.1. The fraction of sp³-hybridized carbons (Fsp3) is 0.214. The Kier molecular flexibility index (Phi) is 4.02. The molecule has 0 radical (unpaired) electrons. The topological polar surface area (TPSA) is 81.2 Å². The van der Waals surface area contributed by atoms with E-state index in [2.05, 4.69) is 4.98 Å². The molecule has 1 N–H and O–H groups in total. The average Bonchev–Trinajstić information content (AvgIpc) is 2.44. The number of benzene rings is 1. The minimum Gasteiger partial charge on any atom is -0.496 e. The molecule has 1 aromatic heterocycles. The second-order valence-corrected chi connectivity index (χ2v) is 4.47. The number of rotatable bonds is 4. The van der Waals surface area contributed by atoms with Gasteiger partial charge in [0, 0.05) is 11.8 Å². The summed E-state index contributed by atoms with van der Waals surface area (Å²) >= 11 is 0. The minimum atomic E-state index is -0.700. The number of hydrogen-bond acceptors (Lipinski definition) is 4. The van der Waals surface area contributed by atoms with Crippen molar-refractivity contribution in [1.82, 2.24) is 9.55 Å². The van der Waals surface area contributed by atoms with Gasteiger partial charge in [0.1, 0.15) is 11.6 Å². The van der Waals surface area contributed by atoms with E-state index in [9.17, 15) is 18.8 Å². The van der Waals surface area contributed by atoms with Gasteiger partial charge in [-0.25, -0.2) is 9.18 Å². The van der Waals surface area contributed by atoms with Gasteiger partial charge in [0.05, 0.1) is 19.2 Å². The van der Waals surface area contributed by atoms with Crippen molar-refractivity contribution in [1.29, 1.82) is 0 Å². The highest BCUT2D eigenvalue weighted by Crippen LogP contribution is 2.20. The number of halogens is 1. The molecule has 110 valence electrons. The Hall–Kier alpha value is -2.70. The monoisotopic (exact) mass is 292 g/mol. The van der Waals surface area contributed by atoms with E-state index >= 15 is 0 Å². The molecule has 0 saturated heterocycles. The summed E-state index contributed by atoms with van der Waals surface area (Å²) in [4.78, 5) is 37.2. The summed E-state index contributed by atoms with van der Waals surface area (Å²) in [6, 6.07) is 3.56. The molecule has 0 amide bonds. The van der Waals surface area contributed by atoms with Crippen LogP contribution in [0.3, 0.4) is 0 Å². The van der Waals surface area contributed by atoms with Gasteiger partial charge in [-0.05, 0) is 25.1 Å². The normalized spacial score (nSPS) is 10.4. The van der Waals surface area contributed by atoms with Crippen LogP contribution in [0.5, 0.6) is 5.75 Å². The predicted molar refractivity (Wildman–Crippen MR) is 73.3 cm³/mol. The van der Waals surface area contributed by atoms with E-state index in [-0.39, 0.29) is 17.9 Å². The van der Waals surface area contributed by atoms with Crippen LogP contribution in [0.4, 0.5) is 4.39 Å². The first-order valence-corrected chi connectivity index (χ1v) is 6.09. The van der Waals surface area contributed by atoms with Crippen LogP contribution in [0.2, 0.25) is 0 Å². The summed E-state index contributed by atoms with van der Waals surface area (Å²) < 4.78 is 19.3. The Morgan fingerprint density at radius 2 is 2.10 bits per heavy atom. The summed E-state index contributed by atoms with van der Waals surface area (Å²) in [6.07, 6.45) is 1.28. The average molecular weight is 292 g/mol. The van der Waals surface area contributed by atoms with Crippen LogP contribution in [-0.2, 0) is 6.54 Å². The number of aromatic nitrogens is 2. The van der Waals surface area contributed by atoms with Gasteiger partial charge < -0.3 is 4.74 Å². The fourth-order valence-corrected chi connectivity index (χ4v) is 1.87. The molecule has 1 heterocycles. The molecular weight excluding hydrogens is 279 g/mol. The van der Waals surface area contributed by atoms with E-state index in [0.717, 1.165) is 10.6 Å². The van der Waals surface area contributed by atoms with Crippen molar-refractivity contribution in [2.45, 2.75) is 13.5 Å². The standard InChI is InChI=1S/C14H13FN2O4/c1-8-6-17(14(20)16-13(8)19)7-11(18)10-5-9(15)3-4-12(10)21-2/h3-6H,7H2,1-2H3,(H,16,19,20). The summed E-state index contributed by atoms with van der Waals surface area (Å²) in [6.45, 7) is 1.19. The molecule has 2 aromatic rings. The van der Waals surface area contributed by atoms with Gasteiger partial charge in [0.25, 0.3) is 5.56 Å². The van der Waals surface area contributed by atoms with Gasteiger partial charge in [0.15, 0.2) is 5.78 Å². The quantitative estimate of drug-likeness (QED) is 0.848. The first kappa shape index (κ1) is 14.7. The SMILES string of the molecule is COc1ccc(F)cc1C(=O)Cn1cc(C)c(=O)[nH]c1=O. The summed E-state index contributed by atoms with van der Waals surface area (Å²) in [5.41, 5.74) is -0.872. The molecule has 0 saturated carbocycles. The zero-order chi connectivity index (χ0) is 15.6. The van der Waals surface area contributed by atoms with E-state index < -0.39 is 22.8 Å². The van der Waals surface area contributed by atoms with Crippen molar-refractivity contribution in [3.8, 4) is 5.75 Å². The van der Waals surface area contributed by atoms with Crippen molar-refractivity contribution in [2.24, 2.45) is 0 Å². The molecule has 1 aromatic carbocycles. The van der Waals surface area contributed by atoms with Crippen molar-refractivity contribution >= 4 is 5.78 Å². The molecule has 0 atom stereocenters. The molecule has 0 bridgehead atoms. The first-order chi connectivity index (χ1) is 9.92. The van der Waals surface area contributed by atoms with Crippen molar-refractivity contribution in [3.05, 3.63) is 62.2 Å². The Morgan fingerprint density at radius 3 is 2.76 bits per heavy atom. The third-order valence-electron chi connectivity index (χ3n) is 2.96. The second kappa shape index (κ2) is 5.74. The molecule has 2 rings (SSSR count). The van der Waals surface area contributed by atoms with Gasteiger partial charge in [0.2, 0.25) is 0 Å². The molecule has 0 aliphatic rings. The number of aromatic amines is 1. The van der Waals surface area contributed by atoms with E-state index in [0.29, 0.717) is 5.56 Å². The van der Waals surface area contributed by atoms with Crippen molar-refractivity contribution in [3.63, 3.8) is 0 Å². The summed E-state index contributed by atoms with van der Waals surface area (Å²) in [7, 11) is 1.36. The zero-order valence-corrected chi connectivity index (χ0v) is 11.5. The number of methoxy groups -OCH3 is 1. The number of H-pyrrole nitrogens is 1. The molecule has 0 unspecified atom stereocenters. The van der Waals surface area contributed by atoms with Crippen LogP contribution in [-0.4, -0.2) is 22.4 Å². The number of carbonyl (C=O) groups excluding carboxylic acids is 1. The van der Waals surface area contributed by atoms with E-state index in [1.54, 1.807) is 0 Å². The Labute approximate surface area is 118 Å². The van der Waals surface area contributed by atoms with Crippen LogP contribution >= 0.6 is 0 Å². The lowest BCUT2D eigenvalue weighted by molar-refractivity contribution is 0.0966. The largest absolute Gasteiger partial charge is 0.496 e. The first-order valence-electron chi connectivity index (χ1n) is 6.09. The number of aryl methyl sites for hydroxylation is 1. The molecule has 0 aliphatic heterocycles. The molecule has 0 aliphatic carbocycles. The van der Waals surface area contributed by atoms with Crippen LogP contribution in [0.1, 0.15) is 15.9 Å². The number of hydrogen-bond donors (Lipinski definition) is 1. The van der Waals surface area contributed by atoms with Crippen LogP contribution in [0.25, 0.3) is 0 Å². The second-order valence-electron chi connectivity index (χ2n) is 4.47. The predicted octanol–water partition coefficient (Wildman–Crippen LogP) is 0.876. The van der Waals surface area contributed by atoms with Gasteiger partial charge in [-0.15, -0.1) is 0 Å². The molecule has 21 heavy (non-hydrogen) atoms. The lowest BCUT2D eigenvalue weighted by Crippen LogP contribution is -2.32. The Bertz CT molecular complexity index is 807. The van der Waals surface area contributed by atoms with E-state index in [1.807, 2.05) is 0 Å². The molecule has 7 heteroatoms. The van der Waals surface area contributed by atoms with E-state index in [4.69, 9.17) is 4.74 Å². The maximum absolute atomic E-state index is 13.3. The van der Waals surface area contributed by atoms with Gasteiger partial charge >= 0.3 is 5.69 Å². The molecular formula is C14H13FN2O4.